The molecule has 4 heteroatoms. The average molecular weight is 234 g/mol. The molecular formula is C8H9BrFNO. The third-order valence-corrected chi connectivity index (χ3v) is 2.07. The van der Waals surface area contributed by atoms with Crippen molar-refractivity contribution in [3.05, 3.63) is 32.7 Å². The summed E-state index contributed by atoms with van der Waals surface area (Å²) in [5.74, 6) is 0. The van der Waals surface area contributed by atoms with E-state index in [1.54, 1.807) is 12.3 Å². The number of hydrogen-bond acceptors (Lipinski definition) is 1. The Bertz CT molecular complexity index is 334. The van der Waals surface area contributed by atoms with Crippen LogP contribution in [0.25, 0.3) is 0 Å². The van der Waals surface area contributed by atoms with Crippen LogP contribution in [0.4, 0.5) is 4.39 Å². The van der Waals surface area contributed by atoms with Crippen molar-refractivity contribution in [2.45, 2.75) is 13.5 Å². The first-order valence-electron chi connectivity index (χ1n) is 3.57. The van der Waals surface area contributed by atoms with Crippen molar-refractivity contribution in [3.63, 3.8) is 0 Å². The Balaban J connectivity index is 3.19. The van der Waals surface area contributed by atoms with Crippen molar-refractivity contribution in [2.24, 2.45) is 0 Å². The highest BCUT2D eigenvalue weighted by molar-refractivity contribution is 9.10. The van der Waals surface area contributed by atoms with Gasteiger partial charge in [-0.3, -0.25) is 4.79 Å². The van der Waals surface area contributed by atoms with E-state index in [0.717, 1.165) is 5.56 Å². The minimum atomic E-state index is -0.518. The molecule has 0 atom stereocenters. The van der Waals surface area contributed by atoms with Crippen LogP contribution in [0.3, 0.4) is 0 Å². The fourth-order valence-electron chi connectivity index (χ4n) is 0.998. The van der Waals surface area contributed by atoms with Gasteiger partial charge in [0.15, 0.2) is 0 Å². The Hall–Kier alpha value is -0.640. The first-order chi connectivity index (χ1) is 5.65. The Morgan fingerprint density at radius 2 is 2.33 bits per heavy atom. The Kier molecular flexibility index (Phi) is 3.03. The molecule has 0 N–H and O–H groups in total. The van der Waals surface area contributed by atoms with Crippen LogP contribution in [-0.2, 0) is 6.54 Å². The van der Waals surface area contributed by atoms with Crippen molar-refractivity contribution in [3.8, 4) is 0 Å². The van der Waals surface area contributed by atoms with Gasteiger partial charge in [-0.1, -0.05) is 0 Å². The smallest absolute Gasteiger partial charge is 0.264 e. The van der Waals surface area contributed by atoms with Gasteiger partial charge in [0.25, 0.3) is 5.56 Å². The molecule has 0 aliphatic carbocycles. The van der Waals surface area contributed by atoms with Crippen molar-refractivity contribution in [1.82, 2.24) is 4.57 Å². The molecule has 1 heterocycles. The number of rotatable bonds is 2. The zero-order valence-corrected chi connectivity index (χ0v) is 8.27. The molecule has 66 valence electrons. The number of aryl methyl sites for hydroxylation is 2. The molecule has 0 saturated heterocycles. The second kappa shape index (κ2) is 3.85. The number of hydrogen-bond donors (Lipinski definition) is 0. The van der Waals surface area contributed by atoms with Gasteiger partial charge in [-0.25, -0.2) is 4.39 Å². The highest BCUT2D eigenvalue weighted by Gasteiger charge is 2.00. The summed E-state index contributed by atoms with van der Waals surface area (Å²) < 4.78 is 13.8. The zero-order chi connectivity index (χ0) is 9.14. The summed E-state index contributed by atoms with van der Waals surface area (Å²) in [7, 11) is 0. The molecule has 0 aliphatic heterocycles. The molecule has 0 saturated carbocycles. The number of halogens is 2. The number of aromatic nitrogens is 1. The highest BCUT2D eigenvalue weighted by Crippen LogP contribution is 2.05. The van der Waals surface area contributed by atoms with Crippen LogP contribution >= 0.6 is 15.9 Å². The lowest BCUT2D eigenvalue weighted by atomic mass is 10.3. The van der Waals surface area contributed by atoms with Crippen LogP contribution in [0.2, 0.25) is 0 Å². The third-order valence-electron chi connectivity index (χ3n) is 1.50. The van der Waals surface area contributed by atoms with E-state index in [0.29, 0.717) is 4.47 Å². The zero-order valence-electron chi connectivity index (χ0n) is 6.68. The molecule has 0 spiro atoms. The number of nitrogens with zero attached hydrogens (tertiary/aromatic N) is 1. The quantitative estimate of drug-likeness (QED) is 0.765. The highest BCUT2D eigenvalue weighted by atomic mass is 79.9. The Labute approximate surface area is 78.2 Å². The van der Waals surface area contributed by atoms with Crippen LogP contribution in [0.1, 0.15) is 5.56 Å². The summed E-state index contributed by atoms with van der Waals surface area (Å²) in [6, 6.07) is 1.72. The molecule has 0 aromatic carbocycles. The van der Waals surface area contributed by atoms with Gasteiger partial charge in [-0.2, -0.15) is 0 Å². The number of alkyl halides is 1. The van der Waals surface area contributed by atoms with Crippen molar-refractivity contribution in [1.29, 1.82) is 0 Å². The van der Waals surface area contributed by atoms with Crippen LogP contribution in [0.5, 0.6) is 0 Å². The predicted molar refractivity (Wildman–Crippen MR) is 49.1 cm³/mol. The van der Waals surface area contributed by atoms with E-state index in [9.17, 15) is 9.18 Å². The van der Waals surface area contributed by atoms with Crippen molar-refractivity contribution >= 4 is 15.9 Å². The molecule has 1 aromatic rings. The van der Waals surface area contributed by atoms with Crippen LogP contribution in [-0.4, -0.2) is 11.2 Å². The second-order valence-electron chi connectivity index (χ2n) is 2.55. The summed E-state index contributed by atoms with van der Waals surface area (Å²) in [6.45, 7) is 1.47. The maximum absolute atomic E-state index is 11.9. The van der Waals surface area contributed by atoms with E-state index in [4.69, 9.17) is 0 Å². The molecule has 0 bridgehead atoms. The second-order valence-corrected chi connectivity index (χ2v) is 3.41. The predicted octanol–water partition coefficient (Wildman–Crippen LogP) is 1.89. The molecule has 0 radical (unpaired) electrons. The van der Waals surface area contributed by atoms with Crippen LogP contribution in [0.15, 0.2) is 21.5 Å². The molecule has 0 aliphatic rings. The number of pyridine rings is 1. The van der Waals surface area contributed by atoms with Gasteiger partial charge >= 0.3 is 0 Å². The molecule has 0 fully saturated rings. The molecule has 0 amide bonds. The Morgan fingerprint density at radius 1 is 1.67 bits per heavy atom. The molecule has 12 heavy (non-hydrogen) atoms. The van der Waals surface area contributed by atoms with Gasteiger partial charge in [-0.05, 0) is 34.5 Å². The maximum atomic E-state index is 11.9. The molecule has 1 aromatic heterocycles. The molecule has 0 unspecified atom stereocenters. The minimum absolute atomic E-state index is 0.124. The summed E-state index contributed by atoms with van der Waals surface area (Å²) in [5.41, 5.74) is 0.758. The standard InChI is InChI=1S/C8H9BrFNO/c1-6-4-7(9)8(12)11(5-6)3-2-10/h4-5H,2-3H2,1H3. The first kappa shape index (κ1) is 9.45. The SMILES string of the molecule is Cc1cc(Br)c(=O)n(CCF)c1. The normalized spacial score (nSPS) is 10.2. The largest absolute Gasteiger partial charge is 0.312 e. The van der Waals surface area contributed by atoms with E-state index >= 15 is 0 Å². The van der Waals surface area contributed by atoms with Gasteiger partial charge in [0.05, 0.1) is 11.0 Å². The monoisotopic (exact) mass is 233 g/mol. The van der Waals surface area contributed by atoms with Crippen LogP contribution < -0.4 is 5.56 Å². The summed E-state index contributed by atoms with van der Waals surface area (Å²) >= 11 is 3.11. The van der Waals surface area contributed by atoms with E-state index in [2.05, 4.69) is 15.9 Å². The van der Waals surface area contributed by atoms with Gasteiger partial charge in [0, 0.05) is 6.20 Å². The first-order valence-corrected chi connectivity index (χ1v) is 4.37. The Morgan fingerprint density at radius 3 is 2.92 bits per heavy atom. The third kappa shape index (κ3) is 1.94. The molecule has 1 rings (SSSR count). The topological polar surface area (TPSA) is 22.0 Å². The lowest BCUT2D eigenvalue weighted by Crippen LogP contribution is -2.21. The van der Waals surface area contributed by atoms with Gasteiger partial charge in [0.1, 0.15) is 6.67 Å². The lowest BCUT2D eigenvalue weighted by molar-refractivity contribution is 0.439. The van der Waals surface area contributed by atoms with Gasteiger partial charge in [-0.15, -0.1) is 0 Å². The summed E-state index contributed by atoms with van der Waals surface area (Å²) in [6.07, 6.45) is 1.65. The van der Waals surface area contributed by atoms with Gasteiger partial charge in [0.2, 0.25) is 0 Å². The summed E-state index contributed by atoms with van der Waals surface area (Å²) in [4.78, 5) is 11.3. The fourth-order valence-corrected chi connectivity index (χ4v) is 1.59. The van der Waals surface area contributed by atoms with Crippen molar-refractivity contribution in [2.75, 3.05) is 6.67 Å². The molecule has 2 nitrogen and oxygen atoms in total. The van der Waals surface area contributed by atoms with Crippen molar-refractivity contribution < 1.29 is 4.39 Å². The fraction of sp³-hybridized carbons (Fsp3) is 0.375. The minimum Gasteiger partial charge on any atom is -0.312 e. The average Bonchev–Trinajstić information content (AvgIpc) is 2.00. The van der Waals surface area contributed by atoms with E-state index < -0.39 is 6.67 Å². The van der Waals surface area contributed by atoms with E-state index in [-0.39, 0.29) is 12.1 Å². The molecular weight excluding hydrogens is 225 g/mol. The lowest BCUT2D eigenvalue weighted by Gasteiger charge is -2.03. The summed E-state index contributed by atoms with van der Waals surface area (Å²) in [5, 5.41) is 0. The van der Waals surface area contributed by atoms with Gasteiger partial charge < -0.3 is 4.57 Å². The maximum Gasteiger partial charge on any atom is 0.264 e. The van der Waals surface area contributed by atoms with E-state index in [1.165, 1.54) is 4.57 Å². The van der Waals surface area contributed by atoms with E-state index in [1.807, 2.05) is 6.92 Å². The van der Waals surface area contributed by atoms with Crippen LogP contribution in [0, 0.1) is 6.92 Å².